The second-order valence-corrected chi connectivity index (χ2v) is 7.50. The van der Waals surface area contributed by atoms with E-state index in [2.05, 4.69) is 0 Å². The first-order chi connectivity index (χ1) is 10.5. The fraction of sp³-hybridized carbons (Fsp3) is 0.833. The highest BCUT2D eigenvalue weighted by molar-refractivity contribution is 7.89. The van der Waals surface area contributed by atoms with Gasteiger partial charge in [0.25, 0.3) is 0 Å². The molecule has 0 atom stereocenters. The van der Waals surface area contributed by atoms with Crippen molar-refractivity contribution in [1.82, 2.24) is 9.21 Å². The molecule has 0 bridgehead atoms. The van der Waals surface area contributed by atoms with Crippen LogP contribution >= 0.6 is 0 Å². The fourth-order valence-corrected chi connectivity index (χ4v) is 3.59. The predicted octanol–water partition coefficient (Wildman–Crippen LogP) is 0.666. The summed E-state index contributed by atoms with van der Waals surface area (Å²) in [5, 5.41) is 8.80. The molecule has 134 valence electrons. The van der Waals surface area contributed by atoms with Crippen LogP contribution in [-0.2, 0) is 19.6 Å². The molecule has 1 aliphatic rings. The summed E-state index contributed by atoms with van der Waals surface area (Å²) in [5.74, 6) is -2.82. The van der Waals surface area contributed by atoms with Gasteiger partial charge in [0.1, 0.15) is 13.0 Å². The van der Waals surface area contributed by atoms with Crippen molar-refractivity contribution in [2.75, 3.05) is 25.4 Å². The number of carboxylic acids is 1. The summed E-state index contributed by atoms with van der Waals surface area (Å²) in [6, 6.07) is -0.718. The highest BCUT2D eigenvalue weighted by Crippen LogP contribution is 2.24. The van der Waals surface area contributed by atoms with Gasteiger partial charge in [-0.25, -0.2) is 12.7 Å². The Bertz CT molecular complexity index is 541. The van der Waals surface area contributed by atoms with E-state index in [1.807, 2.05) is 0 Å². The summed E-state index contributed by atoms with van der Waals surface area (Å²) in [5.41, 5.74) is 0. The normalized spacial score (nSPS) is 17.9. The van der Waals surface area contributed by atoms with E-state index in [1.165, 1.54) is 11.2 Å². The summed E-state index contributed by atoms with van der Waals surface area (Å²) < 4.78 is 61.7. The molecular formula is C12H19F3N2O5S. The van der Waals surface area contributed by atoms with Crippen LogP contribution in [0.3, 0.4) is 0 Å². The Hall–Kier alpha value is -1.36. The Balaban J connectivity index is 2.78. The maximum atomic E-state index is 12.4. The molecule has 1 rings (SSSR count). The van der Waals surface area contributed by atoms with Gasteiger partial charge in [0.15, 0.2) is 0 Å². The summed E-state index contributed by atoms with van der Waals surface area (Å²) >= 11 is 0. The maximum absolute atomic E-state index is 12.4. The molecule has 0 unspecified atom stereocenters. The fourth-order valence-electron chi connectivity index (χ4n) is 2.45. The van der Waals surface area contributed by atoms with Gasteiger partial charge in [-0.05, 0) is 19.8 Å². The van der Waals surface area contributed by atoms with Gasteiger partial charge in [0.2, 0.25) is 15.9 Å². The minimum atomic E-state index is -4.72. The molecule has 1 N–H and O–H groups in total. The summed E-state index contributed by atoms with van der Waals surface area (Å²) in [7, 11) is -3.41. The molecule has 7 nitrogen and oxygen atoms in total. The van der Waals surface area contributed by atoms with Crippen molar-refractivity contribution in [1.29, 1.82) is 0 Å². The molecule has 0 spiro atoms. The number of carboxylic acid groups (broad SMARTS) is 1. The first-order valence-electron chi connectivity index (χ1n) is 7.02. The molecule has 0 aromatic rings. The second kappa shape index (κ2) is 7.47. The van der Waals surface area contributed by atoms with Crippen molar-refractivity contribution in [2.45, 2.75) is 38.4 Å². The number of rotatable bonds is 6. The van der Waals surface area contributed by atoms with Crippen LogP contribution in [0.4, 0.5) is 13.2 Å². The third kappa shape index (κ3) is 5.98. The largest absolute Gasteiger partial charge is 0.480 e. The second-order valence-electron chi connectivity index (χ2n) is 5.24. The molecule has 0 aliphatic carbocycles. The van der Waals surface area contributed by atoms with E-state index in [9.17, 15) is 31.2 Å². The first-order valence-corrected chi connectivity index (χ1v) is 8.63. The van der Waals surface area contributed by atoms with Gasteiger partial charge >= 0.3 is 12.1 Å². The van der Waals surface area contributed by atoms with Crippen LogP contribution in [0, 0.1) is 0 Å². The maximum Gasteiger partial charge on any atom is 0.397 e. The van der Waals surface area contributed by atoms with E-state index in [0.29, 0.717) is 4.90 Å². The zero-order valence-electron chi connectivity index (χ0n) is 12.5. The Morgan fingerprint density at radius 1 is 1.26 bits per heavy atom. The van der Waals surface area contributed by atoms with Crippen LogP contribution in [-0.4, -0.2) is 72.2 Å². The molecule has 1 saturated heterocycles. The number of piperidine rings is 1. The topological polar surface area (TPSA) is 95.0 Å². The molecule has 11 heteroatoms. The van der Waals surface area contributed by atoms with Gasteiger partial charge in [-0.3, -0.25) is 9.59 Å². The predicted molar refractivity (Wildman–Crippen MR) is 74.1 cm³/mol. The van der Waals surface area contributed by atoms with E-state index in [0.717, 1.165) is 0 Å². The number of hydrogen-bond acceptors (Lipinski definition) is 4. The van der Waals surface area contributed by atoms with Crippen LogP contribution in [0.15, 0.2) is 0 Å². The third-order valence-electron chi connectivity index (χ3n) is 3.60. The van der Waals surface area contributed by atoms with E-state index in [1.54, 1.807) is 0 Å². The van der Waals surface area contributed by atoms with Gasteiger partial charge < -0.3 is 10.0 Å². The van der Waals surface area contributed by atoms with Crippen molar-refractivity contribution >= 4 is 21.9 Å². The SMILES string of the molecule is CCS(=O)(=O)N1CCC(N(CC(=O)O)C(=O)CC(F)(F)F)CC1. The van der Waals surface area contributed by atoms with Crippen molar-refractivity contribution < 1.29 is 36.3 Å². The molecular weight excluding hydrogens is 341 g/mol. The standard InChI is InChI=1S/C12H19F3N2O5S/c1-2-23(21,22)16-5-3-9(4-6-16)17(8-11(19)20)10(18)7-12(13,14)15/h9H,2-8H2,1H3,(H,19,20). The van der Waals surface area contributed by atoms with Crippen LogP contribution in [0.2, 0.25) is 0 Å². The Kier molecular flexibility index (Phi) is 6.40. The zero-order valence-corrected chi connectivity index (χ0v) is 13.4. The van der Waals surface area contributed by atoms with E-state index < -0.39 is 47.1 Å². The highest BCUT2D eigenvalue weighted by atomic mass is 32.2. The number of nitrogens with zero attached hydrogens (tertiary/aromatic N) is 2. The van der Waals surface area contributed by atoms with Gasteiger partial charge in [-0.2, -0.15) is 13.2 Å². The van der Waals surface area contributed by atoms with Crippen LogP contribution < -0.4 is 0 Å². The number of carbonyl (C=O) groups excluding carboxylic acids is 1. The molecule has 1 heterocycles. The highest BCUT2D eigenvalue weighted by Gasteiger charge is 2.38. The zero-order chi connectivity index (χ0) is 17.8. The molecule has 0 aromatic carbocycles. The molecule has 0 aromatic heterocycles. The average Bonchev–Trinajstić information content (AvgIpc) is 2.43. The van der Waals surface area contributed by atoms with Crippen LogP contribution in [0.25, 0.3) is 0 Å². The van der Waals surface area contributed by atoms with Crippen molar-refractivity contribution in [3.63, 3.8) is 0 Å². The quantitative estimate of drug-likeness (QED) is 0.751. The van der Waals surface area contributed by atoms with E-state index in [4.69, 9.17) is 5.11 Å². The molecule has 1 aliphatic heterocycles. The molecule has 23 heavy (non-hydrogen) atoms. The Morgan fingerprint density at radius 3 is 2.17 bits per heavy atom. The number of hydrogen-bond donors (Lipinski definition) is 1. The smallest absolute Gasteiger partial charge is 0.397 e. The number of alkyl halides is 3. The lowest BCUT2D eigenvalue weighted by Crippen LogP contribution is -2.51. The van der Waals surface area contributed by atoms with Crippen LogP contribution in [0.5, 0.6) is 0 Å². The average molecular weight is 360 g/mol. The first kappa shape index (κ1) is 19.7. The van der Waals surface area contributed by atoms with Crippen LogP contribution in [0.1, 0.15) is 26.2 Å². The van der Waals surface area contributed by atoms with Crippen molar-refractivity contribution in [3.05, 3.63) is 0 Å². The molecule has 0 saturated carbocycles. The summed E-state index contributed by atoms with van der Waals surface area (Å²) in [6.07, 6.45) is -6.24. The molecule has 0 radical (unpaired) electrons. The minimum Gasteiger partial charge on any atom is -0.480 e. The molecule has 1 amide bonds. The van der Waals surface area contributed by atoms with Gasteiger partial charge in [0, 0.05) is 19.1 Å². The van der Waals surface area contributed by atoms with E-state index >= 15 is 0 Å². The number of sulfonamides is 1. The van der Waals surface area contributed by atoms with Crippen molar-refractivity contribution in [2.24, 2.45) is 0 Å². The summed E-state index contributed by atoms with van der Waals surface area (Å²) in [6.45, 7) is 0.748. The summed E-state index contributed by atoms with van der Waals surface area (Å²) in [4.78, 5) is 23.2. The van der Waals surface area contributed by atoms with Gasteiger partial charge in [0.05, 0.1) is 5.75 Å². The Labute approximate surface area is 132 Å². The third-order valence-corrected chi connectivity index (χ3v) is 5.48. The number of aliphatic carboxylic acids is 1. The number of carbonyl (C=O) groups is 2. The van der Waals surface area contributed by atoms with Crippen molar-refractivity contribution in [3.8, 4) is 0 Å². The lowest BCUT2D eigenvalue weighted by atomic mass is 10.0. The van der Waals surface area contributed by atoms with E-state index in [-0.39, 0.29) is 31.7 Å². The lowest BCUT2D eigenvalue weighted by molar-refractivity contribution is -0.166. The van der Waals surface area contributed by atoms with Gasteiger partial charge in [-0.15, -0.1) is 0 Å². The lowest BCUT2D eigenvalue weighted by Gasteiger charge is -2.37. The number of halogens is 3. The van der Waals surface area contributed by atoms with Gasteiger partial charge in [-0.1, -0.05) is 0 Å². The number of amides is 1. The Morgan fingerprint density at radius 2 is 1.78 bits per heavy atom. The monoisotopic (exact) mass is 360 g/mol. The minimum absolute atomic E-state index is 0.0518. The molecule has 1 fully saturated rings.